The lowest BCUT2D eigenvalue weighted by Gasteiger charge is -2.32. The lowest BCUT2D eigenvalue weighted by atomic mass is 9.73. The van der Waals surface area contributed by atoms with Crippen LogP contribution in [0.3, 0.4) is 0 Å². The maximum absolute atomic E-state index is 13.5. The van der Waals surface area contributed by atoms with Crippen LogP contribution < -0.4 is 0 Å². The molecule has 0 heterocycles. The van der Waals surface area contributed by atoms with Gasteiger partial charge in [-0.15, -0.1) is 6.42 Å². The van der Waals surface area contributed by atoms with Gasteiger partial charge in [-0.2, -0.15) is 0 Å². The minimum Gasteiger partial charge on any atom is -0.396 e. The Morgan fingerprint density at radius 2 is 2.12 bits per heavy atom. The Hall–Kier alpha value is -0.890. The van der Waals surface area contributed by atoms with E-state index in [-0.39, 0.29) is 25.3 Å². The molecule has 0 amide bonds. The van der Waals surface area contributed by atoms with Gasteiger partial charge in [0, 0.05) is 30.8 Å². The van der Waals surface area contributed by atoms with Crippen LogP contribution in [0.1, 0.15) is 33.1 Å². The Morgan fingerprint density at radius 3 is 2.47 bits per heavy atom. The largest absolute Gasteiger partial charge is 0.396 e. The first-order valence-electron chi connectivity index (χ1n) is 5.68. The third-order valence-corrected chi connectivity index (χ3v) is 2.91. The van der Waals surface area contributed by atoms with Crippen LogP contribution in [0.4, 0.5) is 4.39 Å². The zero-order valence-electron chi connectivity index (χ0n) is 10.4. The standard InChI is InChI=1S/C13H21FO3/c1-4-6-11(14)8-13(3,5-2)10(9-15)7-12(16)17/h2,6,10,12,15-17H,4,7-9H2,1,3H3/b11-6+. The van der Waals surface area contributed by atoms with Crippen LogP contribution in [0.2, 0.25) is 0 Å². The summed E-state index contributed by atoms with van der Waals surface area (Å²) in [6.45, 7) is 3.14. The highest BCUT2D eigenvalue weighted by molar-refractivity contribution is 5.12. The van der Waals surface area contributed by atoms with Gasteiger partial charge in [0.25, 0.3) is 0 Å². The quantitative estimate of drug-likeness (QED) is 0.471. The molecule has 0 radical (unpaired) electrons. The van der Waals surface area contributed by atoms with Crippen molar-refractivity contribution >= 4 is 0 Å². The van der Waals surface area contributed by atoms with Crippen molar-refractivity contribution in [3.63, 3.8) is 0 Å². The summed E-state index contributed by atoms with van der Waals surface area (Å²) in [7, 11) is 0. The molecule has 0 bridgehead atoms. The van der Waals surface area contributed by atoms with E-state index in [9.17, 15) is 9.50 Å². The summed E-state index contributed by atoms with van der Waals surface area (Å²) >= 11 is 0. The summed E-state index contributed by atoms with van der Waals surface area (Å²) in [5.74, 6) is 1.57. The molecule has 4 heteroatoms. The van der Waals surface area contributed by atoms with Crippen molar-refractivity contribution < 1.29 is 19.7 Å². The molecule has 3 N–H and O–H groups in total. The van der Waals surface area contributed by atoms with Crippen LogP contribution in [0.25, 0.3) is 0 Å². The smallest absolute Gasteiger partial charge is 0.151 e. The van der Waals surface area contributed by atoms with Crippen LogP contribution in [0, 0.1) is 23.7 Å². The van der Waals surface area contributed by atoms with Crippen molar-refractivity contribution in [1.29, 1.82) is 0 Å². The number of halogens is 1. The van der Waals surface area contributed by atoms with Crippen molar-refractivity contribution in [3.8, 4) is 12.3 Å². The Labute approximate surface area is 102 Å². The van der Waals surface area contributed by atoms with Crippen molar-refractivity contribution in [3.05, 3.63) is 11.9 Å². The molecule has 0 aliphatic heterocycles. The highest BCUT2D eigenvalue weighted by atomic mass is 19.1. The SMILES string of the molecule is C#CC(C)(C/C(F)=C\CC)C(CO)CC(O)O. The van der Waals surface area contributed by atoms with E-state index in [1.165, 1.54) is 6.08 Å². The Bertz CT molecular complexity index is 294. The summed E-state index contributed by atoms with van der Waals surface area (Å²) < 4.78 is 13.5. The lowest BCUT2D eigenvalue weighted by molar-refractivity contribution is -0.0715. The zero-order valence-corrected chi connectivity index (χ0v) is 10.4. The van der Waals surface area contributed by atoms with Gasteiger partial charge in [-0.05, 0) is 13.3 Å². The third-order valence-electron chi connectivity index (χ3n) is 2.91. The highest BCUT2D eigenvalue weighted by Gasteiger charge is 2.34. The van der Waals surface area contributed by atoms with E-state index in [2.05, 4.69) is 5.92 Å². The molecule has 2 unspecified atom stereocenters. The van der Waals surface area contributed by atoms with E-state index in [0.717, 1.165) is 0 Å². The number of aliphatic hydroxyl groups is 3. The van der Waals surface area contributed by atoms with E-state index in [0.29, 0.717) is 6.42 Å². The topological polar surface area (TPSA) is 60.7 Å². The van der Waals surface area contributed by atoms with Gasteiger partial charge >= 0.3 is 0 Å². The van der Waals surface area contributed by atoms with Crippen molar-refractivity contribution in [2.45, 2.75) is 39.4 Å². The predicted molar refractivity (Wildman–Crippen MR) is 64.5 cm³/mol. The zero-order chi connectivity index (χ0) is 13.5. The van der Waals surface area contributed by atoms with E-state index in [1.807, 2.05) is 6.92 Å². The molecule has 0 aromatic rings. The molecule has 0 aromatic heterocycles. The molecule has 17 heavy (non-hydrogen) atoms. The van der Waals surface area contributed by atoms with Gasteiger partial charge in [-0.25, -0.2) is 4.39 Å². The molecular weight excluding hydrogens is 223 g/mol. The van der Waals surface area contributed by atoms with Gasteiger partial charge in [0.05, 0.1) is 5.83 Å². The normalized spacial score (nSPS) is 17.6. The van der Waals surface area contributed by atoms with Crippen LogP contribution >= 0.6 is 0 Å². The maximum atomic E-state index is 13.5. The fourth-order valence-electron chi connectivity index (χ4n) is 1.75. The molecule has 0 aromatic carbocycles. The average molecular weight is 244 g/mol. The summed E-state index contributed by atoms with van der Waals surface area (Å²) in [6.07, 6.45) is 5.75. The molecular formula is C13H21FO3. The van der Waals surface area contributed by atoms with Gasteiger partial charge < -0.3 is 15.3 Å². The Kier molecular flexibility index (Phi) is 7.05. The van der Waals surface area contributed by atoms with E-state index >= 15 is 0 Å². The number of hydrogen-bond donors (Lipinski definition) is 3. The minimum absolute atomic E-state index is 0.00468. The maximum Gasteiger partial charge on any atom is 0.151 e. The van der Waals surface area contributed by atoms with E-state index in [4.69, 9.17) is 16.6 Å². The fourth-order valence-corrected chi connectivity index (χ4v) is 1.75. The first kappa shape index (κ1) is 16.1. The number of rotatable bonds is 7. The van der Waals surface area contributed by atoms with Crippen LogP contribution in [0.15, 0.2) is 11.9 Å². The van der Waals surface area contributed by atoms with Gasteiger partial charge in [-0.3, -0.25) is 0 Å². The van der Waals surface area contributed by atoms with Crippen molar-refractivity contribution in [2.24, 2.45) is 11.3 Å². The summed E-state index contributed by atoms with van der Waals surface area (Å²) in [4.78, 5) is 0. The summed E-state index contributed by atoms with van der Waals surface area (Å²) in [6, 6.07) is 0. The fraction of sp³-hybridized carbons (Fsp3) is 0.692. The number of allylic oxidation sites excluding steroid dienone is 2. The molecule has 3 nitrogen and oxygen atoms in total. The molecule has 2 atom stereocenters. The second-order valence-electron chi connectivity index (χ2n) is 4.39. The first-order valence-corrected chi connectivity index (χ1v) is 5.68. The molecule has 0 rings (SSSR count). The van der Waals surface area contributed by atoms with Crippen LogP contribution in [-0.2, 0) is 0 Å². The summed E-state index contributed by atoms with van der Waals surface area (Å²) in [5.41, 5.74) is -0.922. The van der Waals surface area contributed by atoms with Gasteiger partial charge in [-0.1, -0.05) is 18.9 Å². The average Bonchev–Trinajstić information content (AvgIpc) is 2.25. The molecule has 0 aliphatic carbocycles. The Balaban J connectivity index is 4.86. The number of hydrogen-bond acceptors (Lipinski definition) is 3. The molecule has 0 aliphatic rings. The van der Waals surface area contributed by atoms with Gasteiger partial charge in [0.2, 0.25) is 0 Å². The number of terminal acetylenes is 1. The van der Waals surface area contributed by atoms with Crippen LogP contribution in [-0.4, -0.2) is 28.2 Å². The van der Waals surface area contributed by atoms with Gasteiger partial charge in [0.15, 0.2) is 6.29 Å². The molecule has 0 spiro atoms. The van der Waals surface area contributed by atoms with Crippen molar-refractivity contribution in [1.82, 2.24) is 0 Å². The highest BCUT2D eigenvalue weighted by Crippen LogP contribution is 2.36. The monoisotopic (exact) mass is 244 g/mol. The molecule has 0 fully saturated rings. The van der Waals surface area contributed by atoms with Gasteiger partial charge in [0.1, 0.15) is 0 Å². The Morgan fingerprint density at radius 1 is 1.53 bits per heavy atom. The second kappa shape index (κ2) is 7.44. The first-order chi connectivity index (χ1) is 7.89. The minimum atomic E-state index is -1.56. The molecule has 0 saturated carbocycles. The third kappa shape index (κ3) is 5.31. The number of aliphatic hydroxyl groups excluding tert-OH is 2. The van der Waals surface area contributed by atoms with Crippen molar-refractivity contribution in [2.75, 3.05) is 6.61 Å². The second-order valence-corrected chi connectivity index (χ2v) is 4.39. The molecule has 98 valence electrons. The van der Waals surface area contributed by atoms with E-state index in [1.54, 1.807) is 6.92 Å². The summed E-state index contributed by atoms with van der Waals surface area (Å²) in [5, 5.41) is 27.1. The predicted octanol–water partition coefficient (Wildman–Crippen LogP) is 1.59. The lowest BCUT2D eigenvalue weighted by Crippen LogP contribution is -2.32. The van der Waals surface area contributed by atoms with Crippen LogP contribution in [0.5, 0.6) is 0 Å². The molecule has 0 saturated heterocycles. The van der Waals surface area contributed by atoms with E-state index < -0.39 is 17.6 Å².